The average Bonchev–Trinajstić information content (AvgIpc) is 2.91. The second kappa shape index (κ2) is 16.5. The van der Waals surface area contributed by atoms with Gasteiger partial charge in [-0.2, -0.15) is 0 Å². The quantitative estimate of drug-likeness (QED) is 0.178. The molecule has 0 aromatic heterocycles. The summed E-state index contributed by atoms with van der Waals surface area (Å²) in [6, 6.07) is 5.17. The van der Waals surface area contributed by atoms with Crippen LogP contribution in [0.1, 0.15) is 59.9 Å². The number of nitrogens with one attached hydrogen (secondary N) is 4. The Labute approximate surface area is 231 Å². The number of carbonyl (C=O) groups excluding carboxylic acids is 4. The highest BCUT2D eigenvalue weighted by atomic mass is 16.4. The van der Waals surface area contributed by atoms with Crippen molar-refractivity contribution in [2.75, 3.05) is 6.54 Å². The summed E-state index contributed by atoms with van der Waals surface area (Å²) in [5.74, 6) is -4.12. The fourth-order valence-electron chi connectivity index (χ4n) is 3.81. The van der Waals surface area contributed by atoms with Gasteiger partial charge in [-0.3, -0.25) is 19.2 Å². The van der Waals surface area contributed by atoms with Crippen LogP contribution in [0.3, 0.4) is 0 Å². The van der Waals surface area contributed by atoms with E-state index in [0.29, 0.717) is 12.8 Å². The molecule has 11 nitrogen and oxygen atoms in total. The van der Waals surface area contributed by atoms with Crippen molar-refractivity contribution in [2.45, 2.75) is 85.0 Å². The summed E-state index contributed by atoms with van der Waals surface area (Å²) in [5.41, 5.74) is 6.84. The van der Waals surface area contributed by atoms with Crippen molar-refractivity contribution in [1.29, 1.82) is 0 Å². The minimum Gasteiger partial charge on any atom is -0.480 e. The van der Waals surface area contributed by atoms with E-state index in [-0.39, 0.29) is 24.2 Å². The van der Waals surface area contributed by atoms with E-state index in [1.807, 2.05) is 33.8 Å². The second-order valence-electron chi connectivity index (χ2n) is 10.4. The number of benzene rings is 1. The molecular weight excluding hydrogens is 502 g/mol. The molecule has 0 fully saturated rings. The molecule has 4 amide bonds. The van der Waals surface area contributed by atoms with Gasteiger partial charge in [0.25, 0.3) is 0 Å². The number of nitrogens with two attached hydrogens (primary N) is 1. The summed E-state index contributed by atoms with van der Waals surface area (Å²) in [5, 5.41) is 19.7. The summed E-state index contributed by atoms with van der Waals surface area (Å²) < 4.78 is 0. The lowest BCUT2D eigenvalue weighted by atomic mass is 9.95. The third-order valence-corrected chi connectivity index (χ3v) is 6.94. The number of hydrogen-bond acceptors (Lipinski definition) is 6. The van der Waals surface area contributed by atoms with E-state index in [1.165, 1.54) is 0 Å². The standard InChI is InChI=1S/C28H45N5O6/c1-7-17(5)22(29)26(36)33-24(18(6)8-2)27(37)31-20(14-19-12-10-9-11-13-19)25(35)30-15-21(34)32-23(16(3)4)28(38)39/h9-13,16-18,20,22-24H,7-8,14-15,29H2,1-6H3,(H,30,35)(H,31,37)(H,32,34)(H,33,36)(H,38,39). The minimum absolute atomic E-state index is 0.0789. The van der Waals surface area contributed by atoms with Gasteiger partial charge in [-0.05, 0) is 23.3 Å². The summed E-state index contributed by atoms with van der Waals surface area (Å²) in [6.07, 6.45) is 1.43. The zero-order valence-corrected chi connectivity index (χ0v) is 23.8. The molecule has 0 heterocycles. The van der Waals surface area contributed by atoms with Crippen molar-refractivity contribution in [2.24, 2.45) is 23.5 Å². The zero-order valence-electron chi connectivity index (χ0n) is 23.8. The van der Waals surface area contributed by atoms with Crippen molar-refractivity contribution >= 4 is 29.6 Å². The van der Waals surface area contributed by atoms with Gasteiger partial charge in [-0.15, -0.1) is 0 Å². The molecular formula is C28H45N5O6. The Kier molecular flexibility index (Phi) is 14.2. The van der Waals surface area contributed by atoms with E-state index >= 15 is 0 Å². The first-order valence-corrected chi connectivity index (χ1v) is 13.5. The highest BCUT2D eigenvalue weighted by molar-refractivity contribution is 5.94. The number of rotatable bonds is 16. The van der Waals surface area contributed by atoms with Crippen LogP contribution in [0, 0.1) is 17.8 Å². The number of hydrogen-bond donors (Lipinski definition) is 6. The van der Waals surface area contributed by atoms with Gasteiger partial charge in [0.15, 0.2) is 0 Å². The SMILES string of the molecule is CCC(C)C(N)C(=O)NC(C(=O)NC(Cc1ccccc1)C(=O)NCC(=O)NC(C(=O)O)C(C)C)C(C)CC. The fourth-order valence-corrected chi connectivity index (χ4v) is 3.81. The lowest BCUT2D eigenvalue weighted by Crippen LogP contribution is -2.59. The Balaban J connectivity index is 3.05. The number of amides is 4. The third kappa shape index (κ3) is 11.0. The van der Waals surface area contributed by atoms with Crippen molar-refractivity contribution in [1.82, 2.24) is 21.3 Å². The number of carbonyl (C=O) groups is 5. The Morgan fingerprint density at radius 1 is 0.795 bits per heavy atom. The molecule has 0 spiro atoms. The van der Waals surface area contributed by atoms with Gasteiger partial charge in [-0.1, -0.05) is 84.7 Å². The molecule has 0 saturated carbocycles. The summed E-state index contributed by atoms with van der Waals surface area (Å²) >= 11 is 0. The number of aliphatic carboxylic acids is 1. The van der Waals surface area contributed by atoms with E-state index in [2.05, 4.69) is 21.3 Å². The van der Waals surface area contributed by atoms with Crippen LogP contribution in [0.4, 0.5) is 0 Å². The molecule has 1 aromatic rings. The molecule has 6 unspecified atom stereocenters. The largest absolute Gasteiger partial charge is 0.480 e. The van der Waals surface area contributed by atoms with E-state index in [9.17, 15) is 29.1 Å². The molecule has 6 atom stereocenters. The summed E-state index contributed by atoms with van der Waals surface area (Å²) in [7, 11) is 0. The molecule has 11 heteroatoms. The van der Waals surface area contributed by atoms with Crippen LogP contribution >= 0.6 is 0 Å². The van der Waals surface area contributed by atoms with Crippen LogP contribution in [0.15, 0.2) is 30.3 Å². The van der Waals surface area contributed by atoms with Crippen molar-refractivity contribution < 1.29 is 29.1 Å². The van der Waals surface area contributed by atoms with Gasteiger partial charge in [0.05, 0.1) is 12.6 Å². The summed E-state index contributed by atoms with van der Waals surface area (Å²) in [4.78, 5) is 63.0. The third-order valence-electron chi connectivity index (χ3n) is 6.94. The van der Waals surface area contributed by atoms with Crippen molar-refractivity contribution in [3.8, 4) is 0 Å². The van der Waals surface area contributed by atoms with Gasteiger partial charge in [0, 0.05) is 6.42 Å². The van der Waals surface area contributed by atoms with E-state index in [4.69, 9.17) is 5.73 Å². The topological polar surface area (TPSA) is 180 Å². The van der Waals surface area contributed by atoms with Crippen LogP contribution in [-0.2, 0) is 30.4 Å². The van der Waals surface area contributed by atoms with E-state index < -0.39 is 60.3 Å². The lowest BCUT2D eigenvalue weighted by Gasteiger charge is -2.28. The number of carboxylic acids is 1. The smallest absolute Gasteiger partial charge is 0.326 e. The average molecular weight is 548 g/mol. The van der Waals surface area contributed by atoms with Gasteiger partial charge in [0.2, 0.25) is 23.6 Å². The van der Waals surface area contributed by atoms with Gasteiger partial charge in [0.1, 0.15) is 18.1 Å². The first-order chi connectivity index (χ1) is 18.3. The maximum Gasteiger partial charge on any atom is 0.326 e. The first-order valence-electron chi connectivity index (χ1n) is 13.5. The lowest BCUT2D eigenvalue weighted by molar-refractivity contribution is -0.143. The van der Waals surface area contributed by atoms with Crippen LogP contribution in [-0.4, -0.2) is 65.4 Å². The van der Waals surface area contributed by atoms with Crippen LogP contribution < -0.4 is 27.0 Å². The molecule has 7 N–H and O–H groups in total. The van der Waals surface area contributed by atoms with Crippen LogP contribution in [0.5, 0.6) is 0 Å². The molecule has 0 bridgehead atoms. The van der Waals surface area contributed by atoms with Crippen molar-refractivity contribution in [3.05, 3.63) is 35.9 Å². The molecule has 0 aliphatic rings. The normalized spacial score (nSPS) is 15.7. The minimum atomic E-state index is -1.18. The Hall–Kier alpha value is -3.47. The monoisotopic (exact) mass is 547 g/mol. The van der Waals surface area contributed by atoms with Gasteiger partial charge in [-0.25, -0.2) is 4.79 Å². The Morgan fingerprint density at radius 3 is 1.90 bits per heavy atom. The molecule has 0 saturated heterocycles. The molecule has 0 radical (unpaired) electrons. The molecule has 39 heavy (non-hydrogen) atoms. The summed E-state index contributed by atoms with van der Waals surface area (Å²) in [6.45, 7) is 10.3. The number of carboxylic acid groups (broad SMARTS) is 1. The highest BCUT2D eigenvalue weighted by Crippen LogP contribution is 2.12. The molecule has 0 aliphatic heterocycles. The predicted octanol–water partition coefficient (Wildman–Crippen LogP) is 0.960. The first kappa shape index (κ1) is 33.6. The maximum atomic E-state index is 13.4. The van der Waals surface area contributed by atoms with E-state index in [0.717, 1.165) is 5.56 Å². The van der Waals surface area contributed by atoms with Crippen LogP contribution in [0.25, 0.3) is 0 Å². The van der Waals surface area contributed by atoms with Gasteiger partial charge >= 0.3 is 5.97 Å². The van der Waals surface area contributed by atoms with Gasteiger partial charge < -0.3 is 32.1 Å². The Bertz CT molecular complexity index is 970. The molecule has 1 rings (SSSR count). The predicted molar refractivity (Wildman–Crippen MR) is 148 cm³/mol. The fraction of sp³-hybridized carbons (Fsp3) is 0.607. The molecule has 0 aliphatic carbocycles. The second-order valence-corrected chi connectivity index (χ2v) is 10.4. The van der Waals surface area contributed by atoms with E-state index in [1.54, 1.807) is 38.1 Å². The van der Waals surface area contributed by atoms with Crippen LogP contribution in [0.2, 0.25) is 0 Å². The maximum absolute atomic E-state index is 13.4. The highest BCUT2D eigenvalue weighted by Gasteiger charge is 2.32. The Morgan fingerprint density at radius 2 is 1.38 bits per heavy atom. The zero-order chi connectivity index (χ0) is 29.7. The van der Waals surface area contributed by atoms with Crippen molar-refractivity contribution in [3.63, 3.8) is 0 Å². The molecule has 218 valence electrons. The molecule has 1 aromatic carbocycles.